The molecule has 0 saturated carbocycles. The first-order valence-electron chi connectivity index (χ1n) is 8.04. The Morgan fingerprint density at radius 1 is 1.00 bits per heavy atom. The molecule has 6 nitrogen and oxygen atoms in total. The summed E-state index contributed by atoms with van der Waals surface area (Å²) in [5.74, 6) is 0.608. The smallest absolute Gasteiger partial charge is 0.230 e. The number of carbonyl (C=O) groups excluding carboxylic acids is 1. The first-order chi connectivity index (χ1) is 12.8. The third-order valence-corrected chi connectivity index (χ3v) is 4.52. The first-order valence-corrected chi connectivity index (χ1v) is 8.92. The Kier molecular flexibility index (Phi) is 4.53. The molecule has 2 N–H and O–H groups in total. The third-order valence-electron chi connectivity index (χ3n) is 3.71. The summed E-state index contributed by atoms with van der Waals surface area (Å²) in [5.41, 5.74) is 2.31. The Bertz CT molecular complexity index is 1040. The van der Waals surface area contributed by atoms with Crippen LogP contribution in [-0.2, 0) is 11.2 Å². The molecule has 0 aliphatic rings. The number of carbonyl (C=O) groups is 1. The molecule has 0 bridgehead atoms. The maximum atomic E-state index is 12.4. The van der Waals surface area contributed by atoms with Crippen LogP contribution >= 0.6 is 11.3 Å². The van der Waals surface area contributed by atoms with Crippen LogP contribution in [0.4, 0.5) is 16.6 Å². The van der Waals surface area contributed by atoms with Gasteiger partial charge in [0, 0.05) is 23.2 Å². The fraction of sp³-hybridized carbons (Fsp3) is 0.0526. The van der Waals surface area contributed by atoms with Gasteiger partial charge in [-0.3, -0.25) is 9.78 Å². The average Bonchev–Trinajstić information content (AvgIpc) is 3.09. The standard InChI is InChI=1S/C19H15N5OS/c25-18(23-16-7-3-6-15-14(16)5-4-10-20-15)11-13-12-26-19(22-13)24-17-8-1-2-9-21-17/h1-10,12H,11H2,(H,23,25)(H,21,22,24). The normalized spacial score (nSPS) is 10.6. The molecule has 0 atom stereocenters. The Morgan fingerprint density at radius 3 is 2.81 bits per heavy atom. The van der Waals surface area contributed by atoms with Crippen LogP contribution in [0.2, 0.25) is 0 Å². The van der Waals surface area contributed by atoms with Crippen LogP contribution < -0.4 is 10.6 Å². The molecular formula is C19H15N5OS. The van der Waals surface area contributed by atoms with Crippen LogP contribution in [0.5, 0.6) is 0 Å². The number of fused-ring (bicyclic) bond motifs is 1. The van der Waals surface area contributed by atoms with Gasteiger partial charge >= 0.3 is 0 Å². The maximum Gasteiger partial charge on any atom is 0.230 e. The van der Waals surface area contributed by atoms with Gasteiger partial charge in [-0.2, -0.15) is 0 Å². The molecule has 4 rings (SSSR count). The minimum absolute atomic E-state index is 0.115. The van der Waals surface area contributed by atoms with Gasteiger partial charge < -0.3 is 10.6 Å². The lowest BCUT2D eigenvalue weighted by molar-refractivity contribution is -0.115. The molecule has 0 aliphatic carbocycles. The second-order valence-corrected chi connectivity index (χ2v) is 6.44. The maximum absolute atomic E-state index is 12.4. The molecule has 4 aromatic rings. The zero-order chi connectivity index (χ0) is 17.8. The van der Waals surface area contributed by atoms with Gasteiger partial charge in [-0.15, -0.1) is 11.3 Å². The van der Waals surface area contributed by atoms with E-state index in [1.54, 1.807) is 12.4 Å². The summed E-state index contributed by atoms with van der Waals surface area (Å²) < 4.78 is 0. The van der Waals surface area contributed by atoms with E-state index in [0.29, 0.717) is 10.8 Å². The molecule has 1 amide bonds. The topological polar surface area (TPSA) is 79.8 Å². The van der Waals surface area contributed by atoms with Crippen molar-refractivity contribution in [3.8, 4) is 0 Å². The molecule has 3 heterocycles. The molecular weight excluding hydrogens is 346 g/mol. The van der Waals surface area contributed by atoms with E-state index in [4.69, 9.17) is 0 Å². The van der Waals surface area contributed by atoms with Gasteiger partial charge in [-0.1, -0.05) is 12.1 Å². The van der Waals surface area contributed by atoms with Gasteiger partial charge in [-0.05, 0) is 36.4 Å². The van der Waals surface area contributed by atoms with Crippen LogP contribution in [0.15, 0.2) is 66.3 Å². The second kappa shape index (κ2) is 7.28. The number of thiazole rings is 1. The average molecular weight is 361 g/mol. The van der Waals surface area contributed by atoms with Gasteiger partial charge in [-0.25, -0.2) is 9.97 Å². The van der Waals surface area contributed by atoms with Gasteiger partial charge in [0.25, 0.3) is 0 Å². The predicted octanol–water partition coefficient (Wildman–Crippen LogP) is 4.01. The summed E-state index contributed by atoms with van der Waals surface area (Å²) in [6.45, 7) is 0. The highest BCUT2D eigenvalue weighted by atomic mass is 32.1. The van der Waals surface area contributed by atoms with E-state index in [1.807, 2.05) is 53.9 Å². The van der Waals surface area contributed by atoms with Crippen LogP contribution in [0.1, 0.15) is 5.69 Å². The Balaban J connectivity index is 1.44. The number of amides is 1. The highest BCUT2D eigenvalue weighted by molar-refractivity contribution is 7.13. The lowest BCUT2D eigenvalue weighted by Gasteiger charge is -2.07. The number of aromatic nitrogens is 3. The Morgan fingerprint density at radius 2 is 1.92 bits per heavy atom. The van der Waals surface area contributed by atoms with Crippen molar-refractivity contribution >= 4 is 44.8 Å². The summed E-state index contributed by atoms with van der Waals surface area (Å²) in [7, 11) is 0. The van der Waals surface area contributed by atoms with Crippen LogP contribution in [0, 0.1) is 0 Å². The third kappa shape index (κ3) is 3.68. The van der Waals surface area contributed by atoms with Gasteiger partial charge in [0.2, 0.25) is 5.91 Å². The van der Waals surface area contributed by atoms with Crippen LogP contribution in [-0.4, -0.2) is 20.9 Å². The number of nitrogens with zero attached hydrogens (tertiary/aromatic N) is 3. The molecule has 0 unspecified atom stereocenters. The van der Waals surface area contributed by atoms with Crippen molar-refractivity contribution in [2.24, 2.45) is 0 Å². The molecule has 0 radical (unpaired) electrons. The van der Waals surface area contributed by atoms with E-state index in [9.17, 15) is 4.79 Å². The highest BCUT2D eigenvalue weighted by Gasteiger charge is 2.10. The van der Waals surface area contributed by atoms with Crippen molar-refractivity contribution in [2.45, 2.75) is 6.42 Å². The highest BCUT2D eigenvalue weighted by Crippen LogP contribution is 2.23. The minimum Gasteiger partial charge on any atom is -0.325 e. The van der Waals surface area contributed by atoms with Crippen molar-refractivity contribution in [2.75, 3.05) is 10.6 Å². The largest absolute Gasteiger partial charge is 0.325 e. The number of anilines is 3. The van der Waals surface area contributed by atoms with Crippen molar-refractivity contribution in [1.82, 2.24) is 15.0 Å². The first kappa shape index (κ1) is 16.2. The summed E-state index contributed by atoms with van der Waals surface area (Å²) in [5, 5.41) is 9.57. The van der Waals surface area contributed by atoms with Crippen molar-refractivity contribution in [3.63, 3.8) is 0 Å². The van der Waals surface area contributed by atoms with E-state index in [2.05, 4.69) is 25.6 Å². The zero-order valence-corrected chi connectivity index (χ0v) is 14.5. The van der Waals surface area contributed by atoms with E-state index >= 15 is 0 Å². The van der Waals surface area contributed by atoms with Gasteiger partial charge in [0.15, 0.2) is 5.13 Å². The molecule has 0 fully saturated rings. The number of hydrogen-bond donors (Lipinski definition) is 2. The number of benzene rings is 1. The zero-order valence-electron chi connectivity index (χ0n) is 13.7. The predicted molar refractivity (Wildman–Crippen MR) is 104 cm³/mol. The second-order valence-electron chi connectivity index (χ2n) is 5.58. The van der Waals surface area contributed by atoms with Crippen LogP contribution in [0.25, 0.3) is 10.9 Å². The molecule has 3 aromatic heterocycles. The van der Waals surface area contributed by atoms with Crippen molar-refractivity contribution < 1.29 is 4.79 Å². The SMILES string of the molecule is O=C(Cc1csc(Nc2ccccn2)n1)Nc1cccc2ncccc12. The van der Waals surface area contributed by atoms with Crippen molar-refractivity contribution in [1.29, 1.82) is 0 Å². The van der Waals surface area contributed by atoms with Crippen molar-refractivity contribution in [3.05, 3.63) is 72.0 Å². The molecule has 26 heavy (non-hydrogen) atoms. The quantitative estimate of drug-likeness (QED) is 0.561. The fourth-order valence-corrected chi connectivity index (χ4v) is 3.28. The minimum atomic E-state index is -0.115. The summed E-state index contributed by atoms with van der Waals surface area (Å²) in [6, 6.07) is 15.1. The fourth-order valence-electron chi connectivity index (χ4n) is 2.56. The molecule has 128 valence electrons. The Labute approximate surface area is 154 Å². The van der Waals surface area contributed by atoms with Gasteiger partial charge in [0.05, 0.1) is 23.3 Å². The van der Waals surface area contributed by atoms with Gasteiger partial charge in [0.1, 0.15) is 5.82 Å². The number of hydrogen-bond acceptors (Lipinski definition) is 6. The lowest BCUT2D eigenvalue weighted by Crippen LogP contribution is -2.14. The molecule has 0 spiro atoms. The molecule has 0 saturated heterocycles. The van der Waals surface area contributed by atoms with E-state index in [0.717, 1.165) is 22.4 Å². The number of pyridine rings is 2. The molecule has 1 aromatic carbocycles. The summed E-state index contributed by atoms with van der Waals surface area (Å²) >= 11 is 1.44. The monoisotopic (exact) mass is 361 g/mol. The lowest BCUT2D eigenvalue weighted by atomic mass is 10.2. The number of rotatable bonds is 5. The van der Waals surface area contributed by atoms with E-state index in [1.165, 1.54) is 11.3 Å². The molecule has 0 aliphatic heterocycles. The Hall–Kier alpha value is -3.32. The summed E-state index contributed by atoms with van der Waals surface area (Å²) in [6.07, 6.45) is 3.65. The summed E-state index contributed by atoms with van der Waals surface area (Å²) in [4.78, 5) is 25.3. The van der Waals surface area contributed by atoms with E-state index in [-0.39, 0.29) is 12.3 Å². The van der Waals surface area contributed by atoms with Crippen LogP contribution in [0.3, 0.4) is 0 Å². The molecule has 7 heteroatoms. The van der Waals surface area contributed by atoms with E-state index < -0.39 is 0 Å². The number of nitrogens with one attached hydrogen (secondary N) is 2.